The SMILES string of the molecule is CCN1CCc2c(cccc2Nc2nn3c(=O)ccnc3s2)C1. The first kappa shape index (κ1) is 14.3. The van der Waals surface area contributed by atoms with E-state index in [0.717, 1.165) is 31.7 Å². The third kappa shape index (κ3) is 2.62. The Balaban J connectivity index is 1.69. The Morgan fingerprint density at radius 1 is 1.35 bits per heavy atom. The van der Waals surface area contributed by atoms with E-state index in [-0.39, 0.29) is 5.56 Å². The predicted molar refractivity (Wildman–Crippen MR) is 91.5 cm³/mol. The first-order valence-corrected chi connectivity index (χ1v) is 8.51. The summed E-state index contributed by atoms with van der Waals surface area (Å²) in [5, 5.41) is 8.38. The number of aromatic nitrogens is 3. The lowest BCUT2D eigenvalue weighted by molar-refractivity contribution is 0.268. The summed E-state index contributed by atoms with van der Waals surface area (Å²) in [4.78, 5) is 19.0. The lowest BCUT2D eigenvalue weighted by atomic mass is 9.98. The third-order valence-electron chi connectivity index (χ3n) is 4.20. The van der Waals surface area contributed by atoms with Crippen molar-refractivity contribution in [3.8, 4) is 0 Å². The zero-order valence-corrected chi connectivity index (χ0v) is 13.6. The number of rotatable bonds is 3. The summed E-state index contributed by atoms with van der Waals surface area (Å²) in [6, 6.07) is 7.74. The molecule has 4 rings (SSSR count). The number of hydrogen-bond donors (Lipinski definition) is 1. The second kappa shape index (κ2) is 5.75. The van der Waals surface area contributed by atoms with Crippen LogP contribution in [0, 0.1) is 0 Å². The van der Waals surface area contributed by atoms with Crippen LogP contribution in [0.2, 0.25) is 0 Å². The van der Waals surface area contributed by atoms with Gasteiger partial charge in [0.1, 0.15) is 0 Å². The van der Waals surface area contributed by atoms with Crippen molar-refractivity contribution >= 4 is 27.1 Å². The second-order valence-electron chi connectivity index (χ2n) is 5.57. The summed E-state index contributed by atoms with van der Waals surface area (Å²) >= 11 is 1.38. The van der Waals surface area contributed by atoms with Gasteiger partial charge in [0.05, 0.1) is 0 Å². The molecule has 118 valence electrons. The van der Waals surface area contributed by atoms with Gasteiger partial charge in [-0.1, -0.05) is 30.4 Å². The van der Waals surface area contributed by atoms with Crippen LogP contribution in [-0.2, 0) is 13.0 Å². The average Bonchev–Trinajstić information content (AvgIpc) is 2.98. The molecule has 0 amide bonds. The van der Waals surface area contributed by atoms with Crippen LogP contribution in [0.3, 0.4) is 0 Å². The number of likely N-dealkylation sites (N-methyl/N-ethyl adjacent to an activating group) is 1. The number of anilines is 2. The molecule has 0 aliphatic carbocycles. The molecule has 3 aromatic rings. The molecule has 0 unspecified atom stereocenters. The average molecular weight is 327 g/mol. The molecule has 0 saturated heterocycles. The van der Waals surface area contributed by atoms with Crippen molar-refractivity contribution in [1.82, 2.24) is 19.5 Å². The molecule has 0 atom stereocenters. The number of benzene rings is 1. The molecule has 6 nitrogen and oxygen atoms in total. The molecular formula is C16H17N5OS. The highest BCUT2D eigenvalue weighted by atomic mass is 32.1. The Hall–Kier alpha value is -2.25. The van der Waals surface area contributed by atoms with Gasteiger partial charge in [0.25, 0.3) is 5.56 Å². The van der Waals surface area contributed by atoms with Crippen LogP contribution in [0.5, 0.6) is 0 Å². The van der Waals surface area contributed by atoms with Crippen molar-refractivity contribution < 1.29 is 0 Å². The van der Waals surface area contributed by atoms with Crippen LogP contribution < -0.4 is 10.9 Å². The Morgan fingerprint density at radius 3 is 3.09 bits per heavy atom. The highest BCUT2D eigenvalue weighted by Gasteiger charge is 2.18. The van der Waals surface area contributed by atoms with Gasteiger partial charge < -0.3 is 5.32 Å². The Morgan fingerprint density at radius 2 is 2.26 bits per heavy atom. The molecule has 23 heavy (non-hydrogen) atoms. The van der Waals surface area contributed by atoms with Crippen molar-refractivity contribution in [2.45, 2.75) is 19.9 Å². The molecule has 3 heterocycles. The second-order valence-corrected chi connectivity index (χ2v) is 6.53. The van der Waals surface area contributed by atoms with Gasteiger partial charge in [-0.2, -0.15) is 4.52 Å². The highest BCUT2D eigenvalue weighted by molar-refractivity contribution is 7.20. The van der Waals surface area contributed by atoms with Gasteiger partial charge in [-0.15, -0.1) is 5.10 Å². The van der Waals surface area contributed by atoms with Gasteiger partial charge in [0.2, 0.25) is 10.1 Å². The maximum atomic E-state index is 11.8. The molecular weight excluding hydrogens is 310 g/mol. The van der Waals surface area contributed by atoms with Crippen LogP contribution in [0.1, 0.15) is 18.1 Å². The zero-order chi connectivity index (χ0) is 15.8. The topological polar surface area (TPSA) is 62.5 Å². The summed E-state index contributed by atoms with van der Waals surface area (Å²) in [5.74, 6) is 0. The van der Waals surface area contributed by atoms with Crippen LogP contribution in [-0.4, -0.2) is 32.6 Å². The Labute approximate surface area is 137 Å². The fraction of sp³-hybridized carbons (Fsp3) is 0.312. The molecule has 0 fully saturated rings. The van der Waals surface area contributed by atoms with E-state index >= 15 is 0 Å². The van der Waals surface area contributed by atoms with E-state index in [1.165, 1.54) is 39.2 Å². The normalized spacial score (nSPS) is 14.8. The minimum Gasteiger partial charge on any atom is -0.330 e. The van der Waals surface area contributed by atoms with Crippen molar-refractivity contribution in [1.29, 1.82) is 0 Å². The van der Waals surface area contributed by atoms with Gasteiger partial charge in [-0.3, -0.25) is 9.69 Å². The van der Waals surface area contributed by atoms with E-state index in [1.807, 2.05) is 0 Å². The Bertz CT molecular complexity index is 916. The largest absolute Gasteiger partial charge is 0.330 e. The summed E-state index contributed by atoms with van der Waals surface area (Å²) < 4.78 is 1.33. The molecule has 1 aliphatic heterocycles. The number of nitrogens with zero attached hydrogens (tertiary/aromatic N) is 4. The van der Waals surface area contributed by atoms with E-state index < -0.39 is 0 Å². The van der Waals surface area contributed by atoms with Crippen LogP contribution in [0.25, 0.3) is 4.96 Å². The predicted octanol–water partition coefficient (Wildman–Crippen LogP) is 2.27. The van der Waals surface area contributed by atoms with Gasteiger partial charge in [0.15, 0.2) is 0 Å². The van der Waals surface area contributed by atoms with Crippen LogP contribution in [0.15, 0.2) is 35.3 Å². The molecule has 7 heteroatoms. The van der Waals surface area contributed by atoms with Gasteiger partial charge >= 0.3 is 0 Å². The smallest absolute Gasteiger partial charge is 0.275 e. The van der Waals surface area contributed by atoms with E-state index in [9.17, 15) is 4.79 Å². The molecule has 0 radical (unpaired) electrons. The maximum Gasteiger partial charge on any atom is 0.275 e. The van der Waals surface area contributed by atoms with Crippen LogP contribution >= 0.6 is 11.3 Å². The molecule has 2 aromatic heterocycles. The fourth-order valence-corrected chi connectivity index (χ4v) is 3.75. The summed E-state index contributed by atoms with van der Waals surface area (Å²) in [5.41, 5.74) is 3.62. The van der Waals surface area contributed by atoms with E-state index in [2.05, 4.69) is 45.4 Å². The van der Waals surface area contributed by atoms with Crippen molar-refractivity contribution in [3.63, 3.8) is 0 Å². The van der Waals surface area contributed by atoms with E-state index in [4.69, 9.17) is 0 Å². The van der Waals surface area contributed by atoms with Crippen molar-refractivity contribution in [2.75, 3.05) is 18.4 Å². The molecule has 0 bridgehead atoms. The summed E-state index contributed by atoms with van der Waals surface area (Å²) in [6.07, 6.45) is 2.54. The third-order valence-corrected chi connectivity index (χ3v) is 5.04. The maximum absolute atomic E-state index is 11.8. The van der Waals surface area contributed by atoms with E-state index in [1.54, 1.807) is 0 Å². The molecule has 1 aromatic carbocycles. The zero-order valence-electron chi connectivity index (χ0n) is 12.8. The first-order chi connectivity index (χ1) is 11.2. The van der Waals surface area contributed by atoms with Crippen LogP contribution in [0.4, 0.5) is 10.8 Å². The number of hydrogen-bond acceptors (Lipinski definition) is 6. The number of fused-ring (bicyclic) bond motifs is 2. The molecule has 0 saturated carbocycles. The monoisotopic (exact) mass is 327 g/mol. The van der Waals surface area contributed by atoms with Crippen molar-refractivity contribution in [3.05, 3.63) is 51.9 Å². The first-order valence-electron chi connectivity index (χ1n) is 7.69. The Kier molecular flexibility index (Phi) is 3.59. The summed E-state index contributed by atoms with van der Waals surface area (Å²) in [6.45, 7) is 5.33. The lowest BCUT2D eigenvalue weighted by Gasteiger charge is -2.28. The number of nitrogens with one attached hydrogen (secondary N) is 1. The highest BCUT2D eigenvalue weighted by Crippen LogP contribution is 2.29. The van der Waals surface area contributed by atoms with Crippen molar-refractivity contribution in [2.24, 2.45) is 0 Å². The molecule has 1 aliphatic rings. The minimum absolute atomic E-state index is 0.159. The van der Waals surface area contributed by atoms with Gasteiger partial charge in [0, 0.05) is 31.0 Å². The molecule has 0 spiro atoms. The molecule has 1 N–H and O–H groups in total. The summed E-state index contributed by atoms with van der Waals surface area (Å²) in [7, 11) is 0. The van der Waals surface area contributed by atoms with Gasteiger partial charge in [-0.25, -0.2) is 4.98 Å². The van der Waals surface area contributed by atoms with E-state index in [0.29, 0.717) is 10.1 Å². The minimum atomic E-state index is -0.159. The quantitative estimate of drug-likeness (QED) is 0.799. The fourth-order valence-electron chi connectivity index (χ4n) is 2.96. The standard InChI is InChI=1S/C16H17N5OS/c1-2-20-9-7-12-11(10-20)4-3-5-13(12)18-15-19-21-14(22)6-8-17-16(21)23-15/h3-6,8H,2,7,9-10H2,1H3,(H,18,19). The lowest BCUT2D eigenvalue weighted by Crippen LogP contribution is -2.30. The van der Waals surface area contributed by atoms with Gasteiger partial charge in [-0.05, 0) is 30.2 Å².